The lowest BCUT2D eigenvalue weighted by Crippen LogP contribution is -3.13. The second-order valence-corrected chi connectivity index (χ2v) is 6.00. The average molecular weight is 292 g/mol. The predicted octanol–water partition coefficient (Wildman–Crippen LogP) is 1.28. The molecule has 0 saturated carbocycles. The van der Waals surface area contributed by atoms with Gasteiger partial charge in [-0.15, -0.1) is 0 Å². The van der Waals surface area contributed by atoms with Crippen LogP contribution in [0, 0.1) is 0 Å². The SMILES string of the molecule is C[C@H](NC(=S)NCC[NH+]1CCCCC1)c1ccccc1. The largest absolute Gasteiger partial charge is 0.357 e. The number of hydrogen-bond donors (Lipinski definition) is 3. The van der Waals surface area contributed by atoms with Crippen LogP contribution in [0.5, 0.6) is 0 Å². The molecule has 1 aliphatic heterocycles. The number of likely N-dealkylation sites (tertiary alicyclic amines) is 1. The summed E-state index contributed by atoms with van der Waals surface area (Å²) >= 11 is 5.37. The van der Waals surface area contributed by atoms with E-state index >= 15 is 0 Å². The van der Waals surface area contributed by atoms with Crippen molar-refractivity contribution in [3.05, 3.63) is 35.9 Å². The third kappa shape index (κ3) is 5.10. The molecule has 1 aromatic carbocycles. The van der Waals surface area contributed by atoms with E-state index in [-0.39, 0.29) is 6.04 Å². The van der Waals surface area contributed by atoms with Crippen LogP contribution >= 0.6 is 12.2 Å². The van der Waals surface area contributed by atoms with E-state index in [1.54, 1.807) is 4.90 Å². The molecule has 0 amide bonds. The van der Waals surface area contributed by atoms with Crippen LogP contribution in [0.15, 0.2) is 30.3 Å². The lowest BCUT2D eigenvalue weighted by atomic mass is 10.1. The summed E-state index contributed by atoms with van der Waals surface area (Å²) in [6.45, 7) is 6.91. The molecule has 0 unspecified atom stereocenters. The fourth-order valence-electron chi connectivity index (χ4n) is 2.73. The minimum absolute atomic E-state index is 0.249. The second kappa shape index (κ2) is 8.22. The van der Waals surface area contributed by atoms with Gasteiger partial charge in [-0.2, -0.15) is 0 Å². The summed E-state index contributed by atoms with van der Waals surface area (Å²) in [5, 5.41) is 7.44. The molecular weight excluding hydrogens is 266 g/mol. The first-order valence-corrected chi connectivity index (χ1v) is 8.09. The van der Waals surface area contributed by atoms with Gasteiger partial charge in [-0.25, -0.2) is 0 Å². The molecule has 1 saturated heterocycles. The van der Waals surface area contributed by atoms with Gasteiger partial charge in [0.25, 0.3) is 0 Å². The van der Waals surface area contributed by atoms with Crippen molar-refractivity contribution in [2.75, 3.05) is 26.2 Å². The molecular formula is C16H26N3S+. The summed E-state index contributed by atoms with van der Waals surface area (Å²) in [6.07, 6.45) is 4.16. The van der Waals surface area contributed by atoms with Crippen molar-refractivity contribution in [2.45, 2.75) is 32.2 Å². The summed E-state index contributed by atoms with van der Waals surface area (Å²) in [5.74, 6) is 0. The van der Waals surface area contributed by atoms with Gasteiger partial charge in [0.15, 0.2) is 5.11 Å². The van der Waals surface area contributed by atoms with Gasteiger partial charge in [0.1, 0.15) is 0 Å². The van der Waals surface area contributed by atoms with E-state index in [1.165, 1.54) is 44.5 Å². The Morgan fingerprint density at radius 3 is 2.60 bits per heavy atom. The van der Waals surface area contributed by atoms with E-state index in [9.17, 15) is 0 Å². The van der Waals surface area contributed by atoms with Crippen molar-refractivity contribution in [1.82, 2.24) is 10.6 Å². The highest BCUT2D eigenvalue weighted by Crippen LogP contribution is 2.10. The summed E-state index contributed by atoms with van der Waals surface area (Å²) in [4.78, 5) is 1.71. The van der Waals surface area contributed by atoms with Gasteiger partial charge in [-0.1, -0.05) is 30.3 Å². The molecule has 0 aliphatic carbocycles. The molecule has 1 heterocycles. The van der Waals surface area contributed by atoms with Crippen molar-refractivity contribution in [2.24, 2.45) is 0 Å². The van der Waals surface area contributed by atoms with Crippen LogP contribution in [0.25, 0.3) is 0 Å². The number of piperidine rings is 1. The molecule has 0 radical (unpaired) electrons. The summed E-state index contributed by atoms with van der Waals surface area (Å²) in [7, 11) is 0. The Bertz CT molecular complexity index is 401. The first kappa shape index (κ1) is 15.3. The topological polar surface area (TPSA) is 28.5 Å². The second-order valence-electron chi connectivity index (χ2n) is 5.59. The van der Waals surface area contributed by atoms with E-state index in [0.29, 0.717) is 0 Å². The molecule has 1 aliphatic rings. The van der Waals surface area contributed by atoms with Crippen molar-refractivity contribution in [3.63, 3.8) is 0 Å². The van der Waals surface area contributed by atoms with Crippen molar-refractivity contribution in [3.8, 4) is 0 Å². The standard InChI is InChI=1S/C16H25N3S/c1-14(15-8-4-2-5-9-15)18-16(20)17-10-13-19-11-6-3-7-12-19/h2,4-5,8-9,14H,3,6-7,10-13H2,1H3,(H2,17,18,20)/p+1/t14-/m0/s1. The molecule has 4 heteroatoms. The third-order valence-corrected chi connectivity index (χ3v) is 4.23. The molecule has 2 rings (SSSR count). The quantitative estimate of drug-likeness (QED) is 0.714. The molecule has 20 heavy (non-hydrogen) atoms. The fraction of sp³-hybridized carbons (Fsp3) is 0.562. The number of hydrogen-bond acceptors (Lipinski definition) is 1. The molecule has 0 bridgehead atoms. The predicted molar refractivity (Wildman–Crippen MR) is 88.0 cm³/mol. The molecule has 0 aromatic heterocycles. The first-order chi connectivity index (χ1) is 9.75. The van der Waals surface area contributed by atoms with Crippen molar-refractivity contribution < 1.29 is 4.90 Å². The van der Waals surface area contributed by atoms with E-state index in [2.05, 4.69) is 41.8 Å². The van der Waals surface area contributed by atoms with Gasteiger partial charge in [-0.3, -0.25) is 0 Å². The maximum Gasteiger partial charge on any atom is 0.166 e. The van der Waals surface area contributed by atoms with Gasteiger partial charge >= 0.3 is 0 Å². The van der Waals surface area contributed by atoms with Gasteiger partial charge < -0.3 is 15.5 Å². The van der Waals surface area contributed by atoms with Gasteiger partial charge in [0, 0.05) is 0 Å². The van der Waals surface area contributed by atoms with Crippen LogP contribution in [0.3, 0.4) is 0 Å². The lowest BCUT2D eigenvalue weighted by Gasteiger charge is -2.24. The molecule has 110 valence electrons. The third-order valence-electron chi connectivity index (χ3n) is 3.97. The molecule has 1 aromatic rings. The highest BCUT2D eigenvalue weighted by Gasteiger charge is 2.13. The van der Waals surface area contributed by atoms with Crippen LogP contribution < -0.4 is 15.5 Å². The number of benzene rings is 1. The zero-order valence-corrected chi connectivity index (χ0v) is 13.1. The van der Waals surface area contributed by atoms with Gasteiger partial charge in [-0.05, 0) is 44.0 Å². The molecule has 1 fully saturated rings. The average Bonchev–Trinajstić information content (AvgIpc) is 2.49. The highest BCUT2D eigenvalue weighted by molar-refractivity contribution is 7.80. The normalized spacial score (nSPS) is 17.4. The van der Waals surface area contributed by atoms with Crippen LogP contribution in [0.1, 0.15) is 37.8 Å². The van der Waals surface area contributed by atoms with E-state index in [1.807, 2.05) is 6.07 Å². The minimum Gasteiger partial charge on any atom is -0.357 e. The molecule has 3 N–H and O–H groups in total. The molecule has 3 nitrogen and oxygen atoms in total. The Labute approximate surface area is 127 Å². The minimum atomic E-state index is 0.249. The Morgan fingerprint density at radius 2 is 1.90 bits per heavy atom. The van der Waals surface area contributed by atoms with Crippen molar-refractivity contribution in [1.29, 1.82) is 0 Å². The van der Waals surface area contributed by atoms with E-state index < -0.39 is 0 Å². The van der Waals surface area contributed by atoms with Crippen LogP contribution in [-0.4, -0.2) is 31.3 Å². The van der Waals surface area contributed by atoms with Gasteiger partial charge in [0.05, 0.1) is 32.2 Å². The van der Waals surface area contributed by atoms with Crippen LogP contribution in [0.4, 0.5) is 0 Å². The Morgan fingerprint density at radius 1 is 1.20 bits per heavy atom. The molecule has 0 spiro atoms. The zero-order valence-electron chi connectivity index (χ0n) is 12.3. The summed E-state index contributed by atoms with van der Waals surface area (Å²) in [5.41, 5.74) is 1.26. The maximum absolute atomic E-state index is 5.37. The number of rotatable bonds is 5. The summed E-state index contributed by atoms with van der Waals surface area (Å²) < 4.78 is 0. The summed E-state index contributed by atoms with van der Waals surface area (Å²) in [6, 6.07) is 10.6. The van der Waals surface area contributed by atoms with Crippen LogP contribution in [-0.2, 0) is 0 Å². The number of nitrogens with one attached hydrogen (secondary N) is 3. The maximum atomic E-state index is 5.37. The van der Waals surface area contributed by atoms with E-state index in [4.69, 9.17) is 12.2 Å². The Hall–Kier alpha value is -1.13. The first-order valence-electron chi connectivity index (χ1n) is 7.68. The lowest BCUT2D eigenvalue weighted by molar-refractivity contribution is -0.903. The molecule has 1 atom stereocenters. The zero-order chi connectivity index (χ0) is 14.2. The highest BCUT2D eigenvalue weighted by atomic mass is 32.1. The number of quaternary nitrogens is 1. The fourth-order valence-corrected chi connectivity index (χ4v) is 3.01. The van der Waals surface area contributed by atoms with Crippen molar-refractivity contribution >= 4 is 17.3 Å². The van der Waals surface area contributed by atoms with Crippen LogP contribution in [0.2, 0.25) is 0 Å². The van der Waals surface area contributed by atoms with Gasteiger partial charge in [0.2, 0.25) is 0 Å². The Kier molecular flexibility index (Phi) is 6.27. The number of thiocarbonyl (C=S) groups is 1. The van der Waals surface area contributed by atoms with E-state index in [0.717, 1.165) is 11.7 Å². The Balaban J connectivity index is 1.65. The smallest absolute Gasteiger partial charge is 0.166 e. The monoisotopic (exact) mass is 292 g/mol.